The summed E-state index contributed by atoms with van der Waals surface area (Å²) in [6.07, 6.45) is 7.24. The second-order valence-electron chi connectivity index (χ2n) is 6.99. The number of rotatable bonds is 3. The fraction of sp³-hybridized carbons (Fsp3) is 0.867. The van der Waals surface area contributed by atoms with Gasteiger partial charge in [-0.05, 0) is 62.7 Å². The van der Waals surface area contributed by atoms with E-state index in [0.29, 0.717) is 12.5 Å². The van der Waals surface area contributed by atoms with Crippen molar-refractivity contribution >= 4 is 0 Å². The predicted molar refractivity (Wildman–Crippen MR) is 73.6 cm³/mol. The zero-order valence-electron chi connectivity index (χ0n) is 11.8. The fourth-order valence-corrected chi connectivity index (χ4v) is 5.26. The maximum absolute atomic E-state index is 5.64. The van der Waals surface area contributed by atoms with Gasteiger partial charge in [-0.3, -0.25) is 0 Å². The van der Waals surface area contributed by atoms with Crippen LogP contribution in [0.3, 0.4) is 0 Å². The van der Waals surface area contributed by atoms with Gasteiger partial charge in [0.05, 0.1) is 6.54 Å². The van der Waals surface area contributed by atoms with Gasteiger partial charge in [-0.2, -0.15) is 5.10 Å². The summed E-state index contributed by atoms with van der Waals surface area (Å²) in [4.78, 5) is 4.77. The van der Waals surface area contributed by atoms with Crippen LogP contribution in [0, 0.1) is 30.6 Å². The van der Waals surface area contributed by atoms with E-state index in [9.17, 15) is 0 Å². The summed E-state index contributed by atoms with van der Waals surface area (Å²) in [7, 11) is 0. The minimum Gasteiger partial charge on any atom is -0.329 e. The third kappa shape index (κ3) is 1.83. The molecule has 4 aliphatic rings. The molecule has 4 heteroatoms. The molecular weight excluding hydrogens is 236 g/mol. The summed E-state index contributed by atoms with van der Waals surface area (Å²) in [5.74, 6) is 6.57. The van der Waals surface area contributed by atoms with Crippen LogP contribution in [0.4, 0.5) is 0 Å². The van der Waals surface area contributed by atoms with E-state index in [-0.39, 0.29) is 0 Å². The van der Waals surface area contributed by atoms with Crippen LogP contribution < -0.4 is 5.73 Å². The first-order chi connectivity index (χ1) is 9.24. The van der Waals surface area contributed by atoms with Gasteiger partial charge in [-0.15, -0.1) is 0 Å². The third-order valence-corrected chi connectivity index (χ3v) is 5.74. The van der Waals surface area contributed by atoms with Gasteiger partial charge in [-0.1, -0.05) is 0 Å². The van der Waals surface area contributed by atoms with Gasteiger partial charge in [0, 0.05) is 12.5 Å². The minimum atomic E-state index is 0.644. The summed E-state index contributed by atoms with van der Waals surface area (Å²) in [5, 5.41) is 4.77. The fourth-order valence-electron chi connectivity index (χ4n) is 5.26. The van der Waals surface area contributed by atoms with Crippen LogP contribution >= 0.6 is 0 Å². The molecule has 1 aromatic rings. The minimum absolute atomic E-state index is 0.644. The molecule has 4 aliphatic carbocycles. The number of nitrogens with zero attached hydrogens (tertiary/aromatic N) is 3. The normalized spacial score (nSPS) is 40.0. The van der Waals surface area contributed by atoms with Crippen molar-refractivity contribution in [2.45, 2.75) is 51.5 Å². The molecule has 2 N–H and O–H groups in total. The second-order valence-corrected chi connectivity index (χ2v) is 6.99. The van der Waals surface area contributed by atoms with Gasteiger partial charge >= 0.3 is 0 Å². The molecule has 4 nitrogen and oxygen atoms in total. The molecule has 1 heterocycles. The SMILES string of the molecule is Cc1nc(C2C3CC4CC(C3)CC2C4)nn1CCN. The highest BCUT2D eigenvalue weighted by Gasteiger charge is 2.49. The number of nitrogens with two attached hydrogens (primary N) is 1. The molecule has 0 radical (unpaired) electrons. The van der Waals surface area contributed by atoms with Crippen molar-refractivity contribution in [3.8, 4) is 0 Å². The quantitative estimate of drug-likeness (QED) is 0.905. The lowest BCUT2D eigenvalue weighted by molar-refractivity contribution is -0.00569. The van der Waals surface area contributed by atoms with E-state index in [0.717, 1.165) is 41.9 Å². The predicted octanol–water partition coefficient (Wildman–Crippen LogP) is 2.08. The van der Waals surface area contributed by atoms with E-state index in [1.165, 1.54) is 32.1 Å². The summed E-state index contributed by atoms with van der Waals surface area (Å²) < 4.78 is 2.00. The second kappa shape index (κ2) is 4.30. The van der Waals surface area contributed by atoms with Crippen molar-refractivity contribution in [1.29, 1.82) is 0 Å². The molecule has 4 bridgehead atoms. The summed E-state index contributed by atoms with van der Waals surface area (Å²) in [6, 6.07) is 0. The topological polar surface area (TPSA) is 56.7 Å². The largest absolute Gasteiger partial charge is 0.329 e. The molecule has 0 atom stereocenters. The van der Waals surface area contributed by atoms with Crippen LogP contribution in [-0.2, 0) is 6.54 Å². The maximum atomic E-state index is 5.64. The molecule has 1 aromatic heterocycles. The van der Waals surface area contributed by atoms with Crippen LogP contribution in [0.5, 0.6) is 0 Å². The molecule has 0 aromatic carbocycles. The maximum Gasteiger partial charge on any atom is 0.154 e. The van der Waals surface area contributed by atoms with Crippen LogP contribution in [0.1, 0.15) is 49.7 Å². The zero-order valence-corrected chi connectivity index (χ0v) is 11.8. The van der Waals surface area contributed by atoms with Crippen LogP contribution in [0.2, 0.25) is 0 Å². The molecule has 5 rings (SSSR count). The van der Waals surface area contributed by atoms with Gasteiger partial charge in [0.15, 0.2) is 5.82 Å². The van der Waals surface area contributed by atoms with Gasteiger partial charge in [0.25, 0.3) is 0 Å². The van der Waals surface area contributed by atoms with E-state index in [1.807, 2.05) is 4.68 Å². The Bertz CT molecular complexity index is 450. The van der Waals surface area contributed by atoms with Gasteiger partial charge in [-0.25, -0.2) is 9.67 Å². The molecular formula is C15H24N4. The lowest BCUT2D eigenvalue weighted by Crippen LogP contribution is -2.44. The van der Waals surface area contributed by atoms with E-state index >= 15 is 0 Å². The Morgan fingerprint density at radius 1 is 1.11 bits per heavy atom. The van der Waals surface area contributed by atoms with Crippen LogP contribution in [0.15, 0.2) is 0 Å². The molecule has 4 fully saturated rings. The van der Waals surface area contributed by atoms with Gasteiger partial charge < -0.3 is 5.73 Å². The number of aryl methyl sites for hydroxylation is 1. The van der Waals surface area contributed by atoms with Gasteiger partial charge in [0.1, 0.15) is 5.82 Å². The Hall–Kier alpha value is -0.900. The highest BCUT2D eigenvalue weighted by molar-refractivity contribution is 5.11. The Kier molecular flexibility index (Phi) is 2.69. The van der Waals surface area contributed by atoms with Gasteiger partial charge in [0.2, 0.25) is 0 Å². The first-order valence-electron chi connectivity index (χ1n) is 7.86. The Balaban J connectivity index is 1.63. The highest BCUT2D eigenvalue weighted by Crippen LogP contribution is 2.59. The third-order valence-electron chi connectivity index (χ3n) is 5.74. The monoisotopic (exact) mass is 260 g/mol. The van der Waals surface area contributed by atoms with E-state index in [4.69, 9.17) is 15.8 Å². The number of hydrogen-bond acceptors (Lipinski definition) is 3. The standard InChI is InChI=1S/C15H24N4/c1-9-17-15(18-19(9)3-2-16)14-12-5-10-4-11(7-12)8-13(14)6-10/h10-14H,2-8,16H2,1H3. The molecule has 104 valence electrons. The molecule has 0 aliphatic heterocycles. The Morgan fingerprint density at radius 3 is 2.32 bits per heavy atom. The molecule has 0 unspecified atom stereocenters. The van der Waals surface area contributed by atoms with E-state index in [1.54, 1.807) is 0 Å². The van der Waals surface area contributed by atoms with Crippen LogP contribution in [0.25, 0.3) is 0 Å². The molecule has 4 saturated carbocycles. The molecule has 0 saturated heterocycles. The van der Waals surface area contributed by atoms with Crippen molar-refractivity contribution in [3.05, 3.63) is 11.6 Å². The Morgan fingerprint density at radius 2 is 1.74 bits per heavy atom. The first-order valence-corrected chi connectivity index (χ1v) is 7.86. The van der Waals surface area contributed by atoms with Crippen molar-refractivity contribution in [3.63, 3.8) is 0 Å². The number of aromatic nitrogens is 3. The smallest absolute Gasteiger partial charge is 0.154 e. The zero-order chi connectivity index (χ0) is 13.0. The average Bonchev–Trinajstić information content (AvgIpc) is 2.70. The van der Waals surface area contributed by atoms with E-state index < -0.39 is 0 Å². The summed E-state index contributed by atoms with van der Waals surface area (Å²) in [5.41, 5.74) is 5.64. The van der Waals surface area contributed by atoms with Crippen LogP contribution in [-0.4, -0.2) is 21.3 Å². The van der Waals surface area contributed by atoms with Crippen molar-refractivity contribution < 1.29 is 0 Å². The van der Waals surface area contributed by atoms with Crippen molar-refractivity contribution in [1.82, 2.24) is 14.8 Å². The molecule has 19 heavy (non-hydrogen) atoms. The van der Waals surface area contributed by atoms with Crippen molar-refractivity contribution in [2.75, 3.05) is 6.54 Å². The lowest BCUT2D eigenvalue weighted by Gasteiger charge is -2.53. The average molecular weight is 260 g/mol. The lowest BCUT2D eigenvalue weighted by atomic mass is 9.52. The molecule has 0 spiro atoms. The highest BCUT2D eigenvalue weighted by atomic mass is 15.3. The summed E-state index contributed by atoms with van der Waals surface area (Å²) in [6.45, 7) is 3.50. The van der Waals surface area contributed by atoms with Crippen molar-refractivity contribution in [2.24, 2.45) is 29.4 Å². The summed E-state index contributed by atoms with van der Waals surface area (Å²) >= 11 is 0. The Labute approximate surface area is 114 Å². The number of hydrogen-bond donors (Lipinski definition) is 1. The molecule has 0 amide bonds. The first kappa shape index (κ1) is 11.9. The van der Waals surface area contributed by atoms with E-state index in [2.05, 4.69) is 6.92 Å².